The fourth-order valence-electron chi connectivity index (χ4n) is 2.13. The maximum Gasteiger partial charge on any atom is 0.169 e. The van der Waals surface area contributed by atoms with Gasteiger partial charge in [-0.1, -0.05) is 19.9 Å². The number of hydrogen-bond donors (Lipinski definition) is 0. The Morgan fingerprint density at radius 3 is 2.58 bits per heavy atom. The average molecular weight is 258 g/mol. The third kappa shape index (κ3) is 3.54. The SMILES string of the molecule is C=CCCCN(C)c1nnc(CC)c(CC)c1C#N. The van der Waals surface area contributed by atoms with Crippen LogP contribution >= 0.6 is 0 Å². The lowest BCUT2D eigenvalue weighted by Gasteiger charge is -2.20. The molecule has 1 rings (SSSR count). The molecule has 0 amide bonds. The van der Waals surface area contributed by atoms with Crippen LogP contribution in [-0.4, -0.2) is 23.8 Å². The van der Waals surface area contributed by atoms with Crippen molar-refractivity contribution < 1.29 is 0 Å². The van der Waals surface area contributed by atoms with Crippen molar-refractivity contribution in [1.29, 1.82) is 5.26 Å². The van der Waals surface area contributed by atoms with Crippen molar-refractivity contribution in [2.45, 2.75) is 39.5 Å². The van der Waals surface area contributed by atoms with E-state index in [4.69, 9.17) is 0 Å². The number of aryl methyl sites for hydroxylation is 1. The number of anilines is 1. The van der Waals surface area contributed by atoms with Crippen LogP contribution in [0.4, 0.5) is 5.82 Å². The maximum absolute atomic E-state index is 9.41. The molecule has 0 spiro atoms. The van der Waals surface area contributed by atoms with Crippen LogP contribution in [0.2, 0.25) is 0 Å². The lowest BCUT2D eigenvalue weighted by atomic mass is 10.0. The van der Waals surface area contributed by atoms with Gasteiger partial charge in [0.1, 0.15) is 11.6 Å². The van der Waals surface area contributed by atoms with Gasteiger partial charge in [0.25, 0.3) is 0 Å². The summed E-state index contributed by atoms with van der Waals surface area (Å²) in [7, 11) is 1.96. The van der Waals surface area contributed by atoms with Gasteiger partial charge < -0.3 is 4.90 Å². The second-order valence-electron chi connectivity index (χ2n) is 4.50. The number of rotatable bonds is 7. The van der Waals surface area contributed by atoms with Crippen LogP contribution in [0.5, 0.6) is 0 Å². The topological polar surface area (TPSA) is 52.8 Å². The van der Waals surface area contributed by atoms with Gasteiger partial charge in [-0.15, -0.1) is 11.7 Å². The molecule has 102 valence electrons. The number of allylic oxidation sites excluding steroid dienone is 1. The molecule has 0 aliphatic rings. The number of unbranched alkanes of at least 4 members (excludes halogenated alkanes) is 1. The van der Waals surface area contributed by atoms with Gasteiger partial charge in [-0.05, 0) is 31.2 Å². The van der Waals surface area contributed by atoms with E-state index in [-0.39, 0.29) is 0 Å². The fraction of sp³-hybridized carbons (Fsp3) is 0.533. The van der Waals surface area contributed by atoms with Crippen LogP contribution in [0, 0.1) is 11.3 Å². The molecule has 0 saturated carbocycles. The maximum atomic E-state index is 9.41. The number of aromatic nitrogens is 2. The molecule has 0 bridgehead atoms. The molecule has 1 aromatic heterocycles. The molecular formula is C15H22N4. The Bertz CT molecular complexity index is 474. The summed E-state index contributed by atoms with van der Waals surface area (Å²) in [5.41, 5.74) is 2.64. The highest BCUT2D eigenvalue weighted by atomic mass is 15.2. The predicted molar refractivity (Wildman–Crippen MR) is 78.2 cm³/mol. The normalized spacial score (nSPS) is 10.0. The second kappa shape index (κ2) is 7.52. The van der Waals surface area contributed by atoms with Gasteiger partial charge in [-0.25, -0.2) is 0 Å². The molecular weight excluding hydrogens is 236 g/mol. The lowest BCUT2D eigenvalue weighted by Crippen LogP contribution is -2.22. The zero-order valence-electron chi connectivity index (χ0n) is 12.1. The first-order valence-corrected chi connectivity index (χ1v) is 6.80. The molecule has 0 aromatic carbocycles. The Balaban J connectivity index is 3.07. The highest BCUT2D eigenvalue weighted by Gasteiger charge is 2.16. The van der Waals surface area contributed by atoms with E-state index in [0.29, 0.717) is 11.4 Å². The Morgan fingerprint density at radius 2 is 2.05 bits per heavy atom. The van der Waals surface area contributed by atoms with Crippen molar-refractivity contribution in [2.75, 3.05) is 18.5 Å². The van der Waals surface area contributed by atoms with Crippen LogP contribution in [0.3, 0.4) is 0 Å². The van der Waals surface area contributed by atoms with Crippen molar-refractivity contribution in [2.24, 2.45) is 0 Å². The summed E-state index contributed by atoms with van der Waals surface area (Å²) in [4.78, 5) is 2.01. The Hall–Kier alpha value is -1.89. The van der Waals surface area contributed by atoms with Gasteiger partial charge in [0, 0.05) is 13.6 Å². The Labute approximate surface area is 115 Å². The zero-order valence-corrected chi connectivity index (χ0v) is 12.1. The summed E-state index contributed by atoms with van der Waals surface area (Å²) in [6.07, 6.45) is 5.50. The molecule has 0 fully saturated rings. The second-order valence-corrected chi connectivity index (χ2v) is 4.50. The average Bonchev–Trinajstić information content (AvgIpc) is 2.45. The first-order chi connectivity index (χ1) is 9.19. The van der Waals surface area contributed by atoms with Crippen LogP contribution in [0.25, 0.3) is 0 Å². The van der Waals surface area contributed by atoms with Crippen molar-refractivity contribution in [3.05, 3.63) is 29.5 Å². The van der Waals surface area contributed by atoms with Crippen LogP contribution in [0.1, 0.15) is 43.5 Å². The Kier molecular flexibility index (Phi) is 6.01. The highest BCUT2D eigenvalue weighted by Crippen LogP contribution is 2.22. The third-order valence-corrected chi connectivity index (χ3v) is 3.20. The first kappa shape index (κ1) is 15.2. The minimum Gasteiger partial charge on any atom is -0.357 e. The fourth-order valence-corrected chi connectivity index (χ4v) is 2.13. The van der Waals surface area contributed by atoms with Gasteiger partial charge >= 0.3 is 0 Å². The largest absolute Gasteiger partial charge is 0.357 e. The van der Waals surface area contributed by atoms with Gasteiger partial charge in [-0.2, -0.15) is 10.4 Å². The highest BCUT2D eigenvalue weighted by molar-refractivity contribution is 5.57. The van der Waals surface area contributed by atoms with Gasteiger partial charge in [0.15, 0.2) is 5.82 Å². The summed E-state index contributed by atoms with van der Waals surface area (Å²) in [5.74, 6) is 0.695. The van der Waals surface area contributed by atoms with Gasteiger partial charge in [-0.3, -0.25) is 0 Å². The molecule has 19 heavy (non-hydrogen) atoms. The van der Waals surface area contributed by atoms with E-state index in [0.717, 1.165) is 43.5 Å². The van der Waals surface area contributed by atoms with E-state index in [9.17, 15) is 5.26 Å². The molecule has 0 unspecified atom stereocenters. The van der Waals surface area contributed by atoms with Crippen molar-refractivity contribution in [1.82, 2.24) is 10.2 Å². The monoisotopic (exact) mass is 258 g/mol. The molecule has 0 atom stereocenters. The summed E-state index contributed by atoms with van der Waals surface area (Å²) in [6, 6.07) is 2.30. The molecule has 4 nitrogen and oxygen atoms in total. The summed E-state index contributed by atoms with van der Waals surface area (Å²) in [6.45, 7) is 8.66. The quantitative estimate of drug-likeness (QED) is 0.557. The molecule has 0 radical (unpaired) electrons. The first-order valence-electron chi connectivity index (χ1n) is 6.80. The smallest absolute Gasteiger partial charge is 0.169 e. The lowest BCUT2D eigenvalue weighted by molar-refractivity contribution is 0.769. The number of nitriles is 1. The minimum absolute atomic E-state index is 0.676. The molecule has 4 heteroatoms. The molecule has 0 N–H and O–H groups in total. The molecule has 1 heterocycles. The number of nitrogens with zero attached hydrogens (tertiary/aromatic N) is 4. The van der Waals surface area contributed by atoms with Gasteiger partial charge in [0.05, 0.1) is 5.69 Å². The number of hydrogen-bond acceptors (Lipinski definition) is 4. The van der Waals surface area contributed by atoms with E-state index in [1.54, 1.807) is 0 Å². The van der Waals surface area contributed by atoms with Crippen molar-refractivity contribution in [3.8, 4) is 6.07 Å². The van der Waals surface area contributed by atoms with Crippen molar-refractivity contribution in [3.63, 3.8) is 0 Å². The van der Waals surface area contributed by atoms with E-state index in [2.05, 4.69) is 29.8 Å². The van der Waals surface area contributed by atoms with Crippen molar-refractivity contribution >= 4 is 5.82 Å². The molecule has 1 aromatic rings. The third-order valence-electron chi connectivity index (χ3n) is 3.20. The minimum atomic E-state index is 0.676. The molecule has 0 aliphatic heterocycles. The summed E-state index contributed by atoms with van der Waals surface area (Å²) < 4.78 is 0. The van der Waals surface area contributed by atoms with Crippen LogP contribution in [-0.2, 0) is 12.8 Å². The van der Waals surface area contributed by atoms with E-state index in [1.807, 2.05) is 24.9 Å². The van der Waals surface area contributed by atoms with E-state index >= 15 is 0 Å². The Morgan fingerprint density at radius 1 is 1.32 bits per heavy atom. The summed E-state index contributed by atoms with van der Waals surface area (Å²) >= 11 is 0. The molecule has 0 saturated heterocycles. The van der Waals surface area contributed by atoms with E-state index < -0.39 is 0 Å². The van der Waals surface area contributed by atoms with E-state index in [1.165, 1.54) is 0 Å². The standard InChI is InChI=1S/C15H22N4/c1-5-8-9-10-19(4)15-13(11-16)12(6-2)14(7-3)17-18-15/h5H,1,6-10H2,2-4H3. The van der Waals surface area contributed by atoms with Crippen LogP contribution < -0.4 is 4.90 Å². The van der Waals surface area contributed by atoms with Gasteiger partial charge in [0.2, 0.25) is 0 Å². The summed E-state index contributed by atoms with van der Waals surface area (Å²) in [5, 5.41) is 17.9. The van der Waals surface area contributed by atoms with Crippen LogP contribution in [0.15, 0.2) is 12.7 Å². The predicted octanol–water partition coefficient (Wildman–Crippen LogP) is 2.88. The molecule has 0 aliphatic carbocycles. The zero-order chi connectivity index (χ0) is 14.3.